The molecule has 1 aromatic carbocycles. The molecule has 0 aliphatic rings. The van der Waals surface area contributed by atoms with Crippen LogP contribution in [0.1, 0.15) is 13.8 Å². The van der Waals surface area contributed by atoms with E-state index in [4.69, 9.17) is 16.3 Å². The molecule has 0 spiro atoms. The van der Waals surface area contributed by atoms with E-state index in [1.165, 1.54) is 11.8 Å². The molecule has 4 nitrogen and oxygen atoms in total. The Morgan fingerprint density at radius 3 is 2.76 bits per heavy atom. The van der Waals surface area contributed by atoms with E-state index in [0.717, 1.165) is 0 Å². The Labute approximate surface area is 109 Å². The molecule has 17 heavy (non-hydrogen) atoms. The maximum absolute atomic E-state index is 11.1. The number of halogens is 1. The molecule has 1 rings (SSSR count). The van der Waals surface area contributed by atoms with Gasteiger partial charge in [0.15, 0.2) is 5.75 Å². The minimum absolute atomic E-state index is 0.0244. The van der Waals surface area contributed by atoms with Gasteiger partial charge in [0.2, 0.25) is 0 Å². The van der Waals surface area contributed by atoms with Crippen LogP contribution in [0.15, 0.2) is 23.1 Å². The van der Waals surface area contributed by atoms with Gasteiger partial charge in [0, 0.05) is 11.6 Å². The van der Waals surface area contributed by atoms with Crippen LogP contribution in [0.2, 0.25) is 0 Å². The van der Waals surface area contributed by atoms with Gasteiger partial charge in [0.05, 0.1) is 15.9 Å². The highest BCUT2D eigenvalue weighted by Crippen LogP contribution is 2.37. The van der Waals surface area contributed by atoms with E-state index in [0.29, 0.717) is 22.3 Å². The summed E-state index contributed by atoms with van der Waals surface area (Å²) in [5, 5.41) is 11.1. The molecule has 0 saturated heterocycles. The third kappa shape index (κ3) is 4.09. The fourth-order valence-corrected chi connectivity index (χ4v) is 2.31. The Hall–Kier alpha value is -0.940. The quantitative estimate of drug-likeness (QED) is 0.344. The summed E-state index contributed by atoms with van der Waals surface area (Å²) in [6.45, 7) is 3.67. The van der Waals surface area contributed by atoms with Crippen LogP contribution in [0.3, 0.4) is 0 Å². The summed E-state index contributed by atoms with van der Waals surface area (Å²) < 4.78 is 5.44. The molecule has 1 aromatic rings. The Morgan fingerprint density at radius 1 is 1.53 bits per heavy atom. The van der Waals surface area contributed by atoms with E-state index in [2.05, 4.69) is 0 Å². The highest BCUT2D eigenvalue weighted by atomic mass is 35.5. The van der Waals surface area contributed by atoms with Crippen molar-refractivity contribution in [1.82, 2.24) is 0 Å². The number of nitrogens with zero attached hydrogens (tertiary/aromatic N) is 1. The minimum Gasteiger partial charge on any atom is -0.484 e. The molecule has 0 unspecified atom stereocenters. The van der Waals surface area contributed by atoms with Crippen molar-refractivity contribution >= 4 is 29.1 Å². The maximum Gasteiger partial charge on any atom is 0.324 e. The second-order valence-corrected chi connectivity index (χ2v) is 5.08. The van der Waals surface area contributed by atoms with Gasteiger partial charge in [0.25, 0.3) is 0 Å². The molecule has 0 amide bonds. The van der Waals surface area contributed by atoms with Crippen LogP contribution in [0.5, 0.6) is 5.75 Å². The standard InChI is InChI=1S/C11H14ClNO3S/c1-8(2)16-9-4-3-5-10(17-7-6-12)11(9)13(14)15/h3-5,8H,6-7H2,1-2H3. The summed E-state index contributed by atoms with van der Waals surface area (Å²) in [4.78, 5) is 11.2. The van der Waals surface area contributed by atoms with Crippen molar-refractivity contribution in [2.24, 2.45) is 0 Å². The summed E-state index contributed by atoms with van der Waals surface area (Å²) in [5.74, 6) is 1.40. The van der Waals surface area contributed by atoms with Gasteiger partial charge < -0.3 is 4.74 Å². The number of thioether (sulfide) groups is 1. The second kappa shape index (κ2) is 6.71. The van der Waals surface area contributed by atoms with Crippen LogP contribution in [0.4, 0.5) is 5.69 Å². The van der Waals surface area contributed by atoms with Gasteiger partial charge in [-0.15, -0.1) is 23.4 Å². The molecule has 0 atom stereocenters. The van der Waals surface area contributed by atoms with Gasteiger partial charge in [0.1, 0.15) is 0 Å². The van der Waals surface area contributed by atoms with E-state index >= 15 is 0 Å². The lowest BCUT2D eigenvalue weighted by atomic mass is 10.3. The molecule has 94 valence electrons. The summed E-state index contributed by atoms with van der Waals surface area (Å²) >= 11 is 6.95. The van der Waals surface area contributed by atoms with Gasteiger partial charge in [-0.1, -0.05) is 6.07 Å². The van der Waals surface area contributed by atoms with Gasteiger partial charge in [-0.05, 0) is 26.0 Å². The zero-order valence-electron chi connectivity index (χ0n) is 9.68. The number of nitro benzene ring substituents is 1. The first-order valence-electron chi connectivity index (χ1n) is 5.19. The first kappa shape index (κ1) is 14.1. The van der Waals surface area contributed by atoms with Crippen LogP contribution < -0.4 is 4.74 Å². The lowest BCUT2D eigenvalue weighted by Crippen LogP contribution is -2.07. The molecule has 0 radical (unpaired) electrons. The number of hydrogen-bond donors (Lipinski definition) is 0. The van der Waals surface area contributed by atoms with Crippen molar-refractivity contribution in [2.45, 2.75) is 24.8 Å². The van der Waals surface area contributed by atoms with Crippen molar-refractivity contribution < 1.29 is 9.66 Å². The van der Waals surface area contributed by atoms with Crippen LogP contribution >= 0.6 is 23.4 Å². The highest BCUT2D eigenvalue weighted by molar-refractivity contribution is 7.99. The lowest BCUT2D eigenvalue weighted by molar-refractivity contribution is -0.388. The molecular weight excluding hydrogens is 262 g/mol. The van der Waals surface area contributed by atoms with Crippen LogP contribution in [-0.4, -0.2) is 22.7 Å². The van der Waals surface area contributed by atoms with Crippen molar-refractivity contribution in [3.8, 4) is 5.75 Å². The third-order valence-electron chi connectivity index (χ3n) is 1.84. The normalized spacial score (nSPS) is 10.6. The molecule has 0 aromatic heterocycles. The van der Waals surface area contributed by atoms with E-state index in [9.17, 15) is 10.1 Å². The number of nitro groups is 1. The molecule has 0 fully saturated rings. The molecule has 0 saturated carbocycles. The van der Waals surface area contributed by atoms with Crippen molar-refractivity contribution in [1.29, 1.82) is 0 Å². The molecule has 0 bridgehead atoms. The Morgan fingerprint density at radius 2 is 2.24 bits per heavy atom. The highest BCUT2D eigenvalue weighted by Gasteiger charge is 2.21. The number of hydrogen-bond acceptors (Lipinski definition) is 4. The predicted molar refractivity (Wildman–Crippen MR) is 70.3 cm³/mol. The predicted octanol–water partition coefficient (Wildman–Crippen LogP) is 3.71. The number of benzene rings is 1. The van der Waals surface area contributed by atoms with E-state index in [1.54, 1.807) is 18.2 Å². The summed E-state index contributed by atoms with van der Waals surface area (Å²) in [7, 11) is 0. The van der Waals surface area contributed by atoms with Crippen LogP contribution in [-0.2, 0) is 0 Å². The number of alkyl halides is 1. The first-order valence-corrected chi connectivity index (χ1v) is 6.71. The van der Waals surface area contributed by atoms with Crippen molar-refractivity contribution in [3.63, 3.8) is 0 Å². The van der Waals surface area contributed by atoms with Gasteiger partial charge in [-0.2, -0.15) is 0 Å². The molecule has 0 heterocycles. The fraction of sp³-hybridized carbons (Fsp3) is 0.455. The lowest BCUT2D eigenvalue weighted by Gasteiger charge is -2.11. The average molecular weight is 276 g/mol. The zero-order valence-corrected chi connectivity index (χ0v) is 11.3. The number of para-hydroxylation sites is 1. The summed E-state index contributed by atoms with van der Waals surface area (Å²) in [5.41, 5.74) is 0.0244. The monoisotopic (exact) mass is 275 g/mol. The first-order chi connectivity index (χ1) is 8.06. The summed E-state index contributed by atoms with van der Waals surface area (Å²) in [6.07, 6.45) is -0.0954. The Bertz CT molecular complexity index is 398. The average Bonchev–Trinajstić information content (AvgIpc) is 2.25. The SMILES string of the molecule is CC(C)Oc1cccc(SCCCl)c1[N+](=O)[O-]. The Balaban J connectivity index is 3.08. The molecule has 0 N–H and O–H groups in total. The van der Waals surface area contributed by atoms with Crippen molar-refractivity contribution in [3.05, 3.63) is 28.3 Å². The molecular formula is C11H14ClNO3S. The molecule has 0 aliphatic heterocycles. The fourth-order valence-electron chi connectivity index (χ4n) is 1.30. The van der Waals surface area contributed by atoms with Gasteiger partial charge >= 0.3 is 5.69 Å². The third-order valence-corrected chi connectivity index (χ3v) is 3.30. The van der Waals surface area contributed by atoms with E-state index in [1.807, 2.05) is 13.8 Å². The van der Waals surface area contributed by atoms with Crippen LogP contribution in [0, 0.1) is 10.1 Å². The topological polar surface area (TPSA) is 52.4 Å². The van der Waals surface area contributed by atoms with Crippen LogP contribution in [0.25, 0.3) is 0 Å². The van der Waals surface area contributed by atoms with Gasteiger partial charge in [-0.3, -0.25) is 10.1 Å². The largest absolute Gasteiger partial charge is 0.484 e. The number of ether oxygens (including phenoxy) is 1. The smallest absolute Gasteiger partial charge is 0.324 e. The zero-order chi connectivity index (χ0) is 12.8. The summed E-state index contributed by atoms with van der Waals surface area (Å²) in [6, 6.07) is 5.08. The number of rotatable bonds is 6. The van der Waals surface area contributed by atoms with Crippen molar-refractivity contribution in [2.75, 3.05) is 11.6 Å². The molecule has 0 aliphatic carbocycles. The molecule has 6 heteroatoms. The van der Waals surface area contributed by atoms with Gasteiger partial charge in [-0.25, -0.2) is 0 Å². The Kier molecular flexibility index (Phi) is 5.58. The van der Waals surface area contributed by atoms with E-state index < -0.39 is 4.92 Å². The second-order valence-electron chi connectivity index (χ2n) is 3.56. The maximum atomic E-state index is 11.1. The minimum atomic E-state index is -0.408. The van der Waals surface area contributed by atoms with E-state index in [-0.39, 0.29) is 11.8 Å².